The van der Waals surface area contributed by atoms with E-state index in [2.05, 4.69) is 10.4 Å². The van der Waals surface area contributed by atoms with E-state index < -0.39 is 6.04 Å². The molecule has 0 aliphatic carbocycles. The first kappa shape index (κ1) is 15.6. The minimum Gasteiger partial charge on any atom is -0.324 e. The van der Waals surface area contributed by atoms with E-state index in [0.717, 1.165) is 5.69 Å². The van der Waals surface area contributed by atoms with Gasteiger partial charge in [0.1, 0.15) is 11.9 Å². The number of benzene rings is 1. The molecule has 23 heavy (non-hydrogen) atoms. The molecule has 0 fully saturated rings. The molecule has 0 spiro atoms. The Morgan fingerprint density at radius 2 is 2.04 bits per heavy atom. The van der Waals surface area contributed by atoms with Gasteiger partial charge in [-0.1, -0.05) is 11.6 Å². The van der Waals surface area contributed by atoms with Crippen LogP contribution in [0.2, 0.25) is 5.02 Å². The molecule has 0 unspecified atom stereocenters. The molecule has 0 radical (unpaired) electrons. The first-order chi connectivity index (χ1) is 11.0. The van der Waals surface area contributed by atoms with E-state index in [1.165, 1.54) is 4.90 Å². The van der Waals surface area contributed by atoms with Crippen LogP contribution in [0.5, 0.6) is 0 Å². The summed E-state index contributed by atoms with van der Waals surface area (Å²) in [7, 11) is 0. The zero-order chi connectivity index (χ0) is 16.6. The maximum atomic E-state index is 12.5. The van der Waals surface area contributed by atoms with Gasteiger partial charge in [0, 0.05) is 23.2 Å². The fraction of sp³-hybridized carbons (Fsp3) is 0.312. The Bertz CT molecular complexity index is 754. The van der Waals surface area contributed by atoms with E-state index in [0.29, 0.717) is 29.5 Å². The van der Waals surface area contributed by atoms with Gasteiger partial charge in [-0.15, -0.1) is 0 Å². The molecular weight excluding hydrogens is 316 g/mol. The van der Waals surface area contributed by atoms with Gasteiger partial charge in [-0.05, 0) is 38.1 Å². The Morgan fingerprint density at radius 1 is 1.35 bits per heavy atom. The summed E-state index contributed by atoms with van der Waals surface area (Å²) in [5.74, 6) is 0.335. The van der Waals surface area contributed by atoms with E-state index in [1.54, 1.807) is 35.9 Å². The Hall–Kier alpha value is -2.34. The van der Waals surface area contributed by atoms with Crippen LogP contribution in [0.25, 0.3) is 0 Å². The summed E-state index contributed by atoms with van der Waals surface area (Å²) < 4.78 is 1.77. The fourth-order valence-corrected chi connectivity index (χ4v) is 2.78. The van der Waals surface area contributed by atoms with Crippen LogP contribution in [-0.2, 0) is 16.1 Å². The first-order valence-corrected chi connectivity index (χ1v) is 7.76. The van der Waals surface area contributed by atoms with Gasteiger partial charge in [-0.2, -0.15) is 5.10 Å². The molecule has 120 valence electrons. The van der Waals surface area contributed by atoms with Crippen molar-refractivity contribution in [1.82, 2.24) is 9.78 Å². The number of anilines is 2. The Balaban J connectivity index is 1.81. The number of rotatable bonds is 3. The van der Waals surface area contributed by atoms with Crippen molar-refractivity contribution < 1.29 is 9.59 Å². The molecule has 2 heterocycles. The number of hydrogen-bond acceptors (Lipinski definition) is 3. The van der Waals surface area contributed by atoms with Crippen molar-refractivity contribution >= 4 is 34.9 Å². The molecule has 0 bridgehead atoms. The van der Waals surface area contributed by atoms with Gasteiger partial charge in [-0.3, -0.25) is 14.5 Å². The van der Waals surface area contributed by atoms with E-state index in [1.807, 2.05) is 13.0 Å². The molecule has 3 rings (SSSR count). The summed E-state index contributed by atoms with van der Waals surface area (Å²) in [6.07, 6.45) is 0.340. The second-order valence-corrected chi connectivity index (χ2v) is 5.99. The van der Waals surface area contributed by atoms with Crippen LogP contribution < -0.4 is 10.2 Å². The number of nitrogens with one attached hydrogen (secondary N) is 1. The molecule has 1 aliphatic rings. The van der Waals surface area contributed by atoms with Crippen LogP contribution in [0.15, 0.2) is 30.3 Å². The van der Waals surface area contributed by atoms with Crippen molar-refractivity contribution in [2.45, 2.75) is 32.9 Å². The van der Waals surface area contributed by atoms with Crippen molar-refractivity contribution in [1.29, 1.82) is 0 Å². The molecule has 2 aromatic rings. The third-order valence-electron chi connectivity index (χ3n) is 3.81. The predicted molar refractivity (Wildman–Crippen MR) is 88.6 cm³/mol. The standard InChI is InChI=1S/C16H17ClN4O2/c1-10-9-14-20(19-10)8-7-15(22)21(14)11(2)16(23)18-13-5-3-12(17)4-6-13/h3-6,9,11H,7-8H2,1-2H3,(H,18,23)/t11-/m0/s1. The molecule has 1 aromatic heterocycles. The van der Waals surface area contributed by atoms with Crippen LogP contribution in [-0.4, -0.2) is 27.6 Å². The van der Waals surface area contributed by atoms with Crippen LogP contribution in [0.3, 0.4) is 0 Å². The lowest BCUT2D eigenvalue weighted by Crippen LogP contribution is -2.49. The number of aromatic nitrogens is 2. The maximum Gasteiger partial charge on any atom is 0.247 e. The van der Waals surface area contributed by atoms with Gasteiger partial charge < -0.3 is 5.32 Å². The summed E-state index contributed by atoms with van der Waals surface area (Å²) in [5.41, 5.74) is 1.46. The molecule has 1 aliphatic heterocycles. The van der Waals surface area contributed by atoms with Crippen molar-refractivity contribution in [2.24, 2.45) is 0 Å². The van der Waals surface area contributed by atoms with E-state index >= 15 is 0 Å². The van der Waals surface area contributed by atoms with Gasteiger partial charge >= 0.3 is 0 Å². The summed E-state index contributed by atoms with van der Waals surface area (Å²) >= 11 is 5.83. The lowest BCUT2D eigenvalue weighted by atomic mass is 10.2. The van der Waals surface area contributed by atoms with E-state index in [9.17, 15) is 9.59 Å². The predicted octanol–water partition coefficient (Wildman–Crippen LogP) is 2.61. The van der Waals surface area contributed by atoms with Gasteiger partial charge in [0.15, 0.2) is 0 Å². The number of amides is 2. The molecule has 0 saturated heterocycles. The monoisotopic (exact) mass is 332 g/mol. The highest BCUT2D eigenvalue weighted by Gasteiger charge is 2.33. The number of halogens is 1. The Kier molecular flexibility index (Phi) is 4.09. The number of nitrogens with zero attached hydrogens (tertiary/aromatic N) is 3. The third-order valence-corrected chi connectivity index (χ3v) is 4.06. The van der Waals surface area contributed by atoms with Gasteiger partial charge in [-0.25, -0.2) is 4.68 Å². The summed E-state index contributed by atoms with van der Waals surface area (Å²) in [6, 6.07) is 8.04. The molecule has 0 saturated carbocycles. The molecular formula is C16H17ClN4O2. The Morgan fingerprint density at radius 3 is 2.74 bits per heavy atom. The second-order valence-electron chi connectivity index (χ2n) is 5.55. The molecule has 1 N–H and O–H groups in total. The smallest absolute Gasteiger partial charge is 0.247 e. The normalized spacial score (nSPS) is 15.3. The first-order valence-electron chi connectivity index (χ1n) is 7.38. The van der Waals surface area contributed by atoms with Gasteiger partial charge in [0.05, 0.1) is 12.2 Å². The molecule has 2 amide bonds. The quantitative estimate of drug-likeness (QED) is 0.939. The number of aryl methyl sites for hydroxylation is 2. The third kappa shape index (κ3) is 3.07. The fourth-order valence-electron chi connectivity index (χ4n) is 2.65. The van der Waals surface area contributed by atoms with Crippen LogP contribution >= 0.6 is 11.6 Å². The zero-order valence-corrected chi connectivity index (χ0v) is 13.7. The number of hydrogen-bond donors (Lipinski definition) is 1. The molecule has 7 heteroatoms. The maximum absolute atomic E-state index is 12.5. The van der Waals surface area contributed by atoms with Crippen LogP contribution in [0.1, 0.15) is 19.0 Å². The van der Waals surface area contributed by atoms with Crippen molar-refractivity contribution in [2.75, 3.05) is 10.2 Å². The minimum atomic E-state index is -0.631. The lowest BCUT2D eigenvalue weighted by Gasteiger charge is -2.31. The number of carbonyl (C=O) groups excluding carboxylic acids is 2. The summed E-state index contributed by atoms with van der Waals surface area (Å²) in [6.45, 7) is 4.12. The molecule has 1 aromatic carbocycles. The minimum absolute atomic E-state index is 0.0730. The summed E-state index contributed by atoms with van der Waals surface area (Å²) in [5, 5.41) is 7.75. The molecule has 6 nitrogen and oxygen atoms in total. The number of carbonyl (C=O) groups is 2. The van der Waals surface area contributed by atoms with E-state index in [-0.39, 0.29) is 11.8 Å². The number of fused-ring (bicyclic) bond motifs is 1. The highest BCUT2D eigenvalue weighted by atomic mass is 35.5. The second kappa shape index (κ2) is 6.04. The van der Waals surface area contributed by atoms with Gasteiger partial charge in [0.25, 0.3) is 0 Å². The lowest BCUT2D eigenvalue weighted by molar-refractivity contribution is -0.124. The molecule has 1 atom stereocenters. The van der Waals surface area contributed by atoms with Crippen molar-refractivity contribution in [3.05, 3.63) is 41.0 Å². The highest BCUT2D eigenvalue weighted by Crippen LogP contribution is 2.25. The zero-order valence-electron chi connectivity index (χ0n) is 12.9. The van der Waals surface area contributed by atoms with Crippen molar-refractivity contribution in [3.63, 3.8) is 0 Å². The summed E-state index contributed by atoms with van der Waals surface area (Å²) in [4.78, 5) is 26.3. The van der Waals surface area contributed by atoms with Gasteiger partial charge in [0.2, 0.25) is 11.8 Å². The van der Waals surface area contributed by atoms with Crippen LogP contribution in [0, 0.1) is 6.92 Å². The van der Waals surface area contributed by atoms with Crippen LogP contribution in [0.4, 0.5) is 11.5 Å². The average molecular weight is 333 g/mol. The van der Waals surface area contributed by atoms with E-state index in [4.69, 9.17) is 11.6 Å². The Labute approximate surface area is 139 Å². The van der Waals surface area contributed by atoms with Crippen molar-refractivity contribution in [3.8, 4) is 0 Å². The average Bonchev–Trinajstić information content (AvgIpc) is 2.89. The topological polar surface area (TPSA) is 67.2 Å². The SMILES string of the molecule is Cc1cc2n(n1)CCC(=O)N2[C@@H](C)C(=O)Nc1ccc(Cl)cc1. The largest absolute Gasteiger partial charge is 0.324 e. The highest BCUT2D eigenvalue weighted by molar-refractivity contribution is 6.30.